The van der Waals surface area contributed by atoms with Crippen LogP contribution in [0, 0.1) is 0 Å². The summed E-state index contributed by atoms with van der Waals surface area (Å²) in [7, 11) is 0. The van der Waals surface area contributed by atoms with Crippen molar-refractivity contribution in [2.45, 2.75) is 24.9 Å². The number of carbonyl (C=O) groups is 1. The summed E-state index contributed by atoms with van der Waals surface area (Å²) >= 11 is 0. The molecule has 1 fully saturated rings. The molecule has 1 aliphatic rings. The topological polar surface area (TPSA) is 67.8 Å². The van der Waals surface area contributed by atoms with Gasteiger partial charge in [-0.05, 0) is 25.0 Å². The zero-order chi connectivity index (χ0) is 13.5. The summed E-state index contributed by atoms with van der Waals surface area (Å²) in [6.45, 7) is 0.967. The van der Waals surface area contributed by atoms with Crippen molar-refractivity contribution in [2.75, 3.05) is 19.8 Å². The Hall–Kier alpha value is -1.59. The zero-order valence-electron chi connectivity index (χ0n) is 10.7. The molecule has 0 saturated heterocycles. The van der Waals surface area contributed by atoms with E-state index in [1.165, 1.54) is 0 Å². The summed E-state index contributed by atoms with van der Waals surface area (Å²) in [5.74, 6) is -0.0760. The lowest BCUT2D eigenvalue weighted by Gasteiger charge is -2.14. The van der Waals surface area contributed by atoms with Crippen LogP contribution in [0.1, 0.15) is 12.8 Å². The molecule has 2 rings (SSSR count). The number of aliphatic carboxylic acids is 1. The summed E-state index contributed by atoms with van der Waals surface area (Å²) in [5.41, 5.74) is 0. The van der Waals surface area contributed by atoms with Crippen molar-refractivity contribution in [1.29, 1.82) is 0 Å². The van der Waals surface area contributed by atoms with Crippen LogP contribution in [0.2, 0.25) is 0 Å². The minimum absolute atomic E-state index is 0.171. The van der Waals surface area contributed by atoms with Gasteiger partial charge >= 0.3 is 5.97 Å². The molecule has 5 nitrogen and oxygen atoms in total. The highest BCUT2D eigenvalue weighted by atomic mass is 16.5. The molecule has 104 valence electrons. The van der Waals surface area contributed by atoms with E-state index in [2.05, 4.69) is 5.32 Å². The van der Waals surface area contributed by atoms with Gasteiger partial charge in [0.05, 0.1) is 13.2 Å². The van der Waals surface area contributed by atoms with Gasteiger partial charge in [-0.1, -0.05) is 18.2 Å². The third-order valence-corrected chi connectivity index (χ3v) is 2.84. The molecule has 0 heterocycles. The largest absolute Gasteiger partial charge is 0.491 e. The van der Waals surface area contributed by atoms with Gasteiger partial charge in [-0.3, -0.25) is 10.1 Å². The normalized spacial score (nSPS) is 16.0. The third-order valence-electron chi connectivity index (χ3n) is 2.84. The Morgan fingerprint density at radius 1 is 1.32 bits per heavy atom. The molecular weight excluding hydrogens is 246 g/mol. The van der Waals surface area contributed by atoms with Gasteiger partial charge in [0, 0.05) is 6.04 Å². The van der Waals surface area contributed by atoms with Crippen molar-refractivity contribution in [1.82, 2.24) is 5.32 Å². The number of hydrogen-bond donors (Lipinski definition) is 2. The monoisotopic (exact) mass is 265 g/mol. The highest BCUT2D eigenvalue weighted by molar-refractivity contribution is 5.73. The van der Waals surface area contributed by atoms with E-state index in [1.807, 2.05) is 30.3 Å². The minimum atomic E-state index is -0.865. The van der Waals surface area contributed by atoms with Crippen LogP contribution < -0.4 is 10.1 Å². The lowest BCUT2D eigenvalue weighted by molar-refractivity contribution is -0.141. The average molecular weight is 265 g/mol. The van der Waals surface area contributed by atoms with E-state index in [4.69, 9.17) is 14.6 Å². The summed E-state index contributed by atoms with van der Waals surface area (Å²) in [4.78, 5) is 11.0. The Bertz CT molecular complexity index is 392. The predicted octanol–water partition coefficient (Wildman–Crippen LogP) is 1.29. The quantitative estimate of drug-likeness (QED) is 0.658. The molecule has 1 saturated carbocycles. The second kappa shape index (κ2) is 7.11. The Morgan fingerprint density at radius 2 is 2.05 bits per heavy atom. The van der Waals surface area contributed by atoms with Gasteiger partial charge in [0.2, 0.25) is 0 Å². The molecule has 0 bridgehead atoms. The highest BCUT2D eigenvalue weighted by Crippen LogP contribution is 2.19. The number of para-hydroxylation sites is 1. The molecule has 0 spiro atoms. The van der Waals surface area contributed by atoms with Gasteiger partial charge < -0.3 is 14.6 Å². The molecule has 1 aromatic rings. The molecule has 0 aromatic heterocycles. The van der Waals surface area contributed by atoms with E-state index in [0.717, 1.165) is 18.6 Å². The van der Waals surface area contributed by atoms with E-state index in [1.54, 1.807) is 0 Å². The SMILES string of the molecule is O=C(O)C(COCCOc1ccccc1)NC1CC1. The number of hydrogen-bond acceptors (Lipinski definition) is 4. The molecule has 5 heteroatoms. The Morgan fingerprint density at radius 3 is 2.68 bits per heavy atom. The van der Waals surface area contributed by atoms with Gasteiger partial charge in [0.25, 0.3) is 0 Å². The first-order valence-electron chi connectivity index (χ1n) is 6.50. The maximum atomic E-state index is 11.0. The second-order valence-electron chi connectivity index (χ2n) is 4.57. The maximum Gasteiger partial charge on any atom is 0.323 e. The van der Waals surface area contributed by atoms with Crippen LogP contribution in [-0.2, 0) is 9.53 Å². The van der Waals surface area contributed by atoms with E-state index >= 15 is 0 Å². The van der Waals surface area contributed by atoms with Crippen LogP contribution in [0.25, 0.3) is 0 Å². The first-order chi connectivity index (χ1) is 9.25. The Labute approximate surface area is 112 Å². The van der Waals surface area contributed by atoms with Crippen LogP contribution in [0.5, 0.6) is 5.75 Å². The number of ether oxygens (including phenoxy) is 2. The highest BCUT2D eigenvalue weighted by Gasteiger charge is 2.28. The third kappa shape index (κ3) is 5.28. The molecular formula is C14H19NO4. The Kier molecular flexibility index (Phi) is 5.18. The molecule has 0 amide bonds. The molecule has 1 aromatic carbocycles. The van der Waals surface area contributed by atoms with Crippen molar-refractivity contribution in [3.63, 3.8) is 0 Å². The number of benzene rings is 1. The van der Waals surface area contributed by atoms with Crippen molar-refractivity contribution < 1.29 is 19.4 Å². The van der Waals surface area contributed by atoms with E-state index in [0.29, 0.717) is 19.3 Å². The fourth-order valence-electron chi connectivity index (χ4n) is 1.66. The van der Waals surface area contributed by atoms with Gasteiger partial charge in [0.1, 0.15) is 18.4 Å². The van der Waals surface area contributed by atoms with Crippen molar-refractivity contribution in [3.8, 4) is 5.75 Å². The summed E-state index contributed by atoms with van der Waals surface area (Å²) in [5, 5.41) is 12.0. The maximum absolute atomic E-state index is 11.0. The van der Waals surface area contributed by atoms with Gasteiger partial charge in [-0.15, -0.1) is 0 Å². The van der Waals surface area contributed by atoms with Crippen molar-refractivity contribution in [3.05, 3.63) is 30.3 Å². The molecule has 1 atom stereocenters. The molecule has 0 aliphatic heterocycles. The van der Waals surface area contributed by atoms with Crippen molar-refractivity contribution >= 4 is 5.97 Å². The first-order valence-corrected chi connectivity index (χ1v) is 6.50. The van der Waals surface area contributed by atoms with E-state index in [9.17, 15) is 4.79 Å². The zero-order valence-corrected chi connectivity index (χ0v) is 10.7. The average Bonchev–Trinajstić information content (AvgIpc) is 3.22. The van der Waals surface area contributed by atoms with E-state index < -0.39 is 12.0 Å². The standard InChI is InChI=1S/C14H19NO4/c16-14(17)13(15-11-6-7-11)10-18-8-9-19-12-4-2-1-3-5-12/h1-5,11,13,15H,6-10H2,(H,16,17). The summed E-state index contributed by atoms with van der Waals surface area (Å²) in [6.07, 6.45) is 2.11. The number of nitrogens with one attached hydrogen (secondary N) is 1. The second-order valence-corrected chi connectivity index (χ2v) is 4.57. The number of carboxylic acid groups (broad SMARTS) is 1. The lowest BCUT2D eigenvalue weighted by atomic mass is 10.3. The van der Waals surface area contributed by atoms with Gasteiger partial charge in [0.15, 0.2) is 0 Å². The smallest absolute Gasteiger partial charge is 0.323 e. The summed E-state index contributed by atoms with van der Waals surface area (Å²) in [6, 6.07) is 9.19. The van der Waals surface area contributed by atoms with Crippen LogP contribution in [0.3, 0.4) is 0 Å². The fraction of sp³-hybridized carbons (Fsp3) is 0.500. The first kappa shape index (κ1) is 13.8. The molecule has 1 unspecified atom stereocenters. The van der Waals surface area contributed by atoms with Crippen LogP contribution in [0.15, 0.2) is 30.3 Å². The summed E-state index contributed by atoms with van der Waals surface area (Å²) < 4.78 is 10.8. The predicted molar refractivity (Wildman–Crippen MR) is 70.3 cm³/mol. The van der Waals surface area contributed by atoms with Crippen molar-refractivity contribution in [2.24, 2.45) is 0 Å². The lowest BCUT2D eigenvalue weighted by Crippen LogP contribution is -2.42. The fourth-order valence-corrected chi connectivity index (χ4v) is 1.66. The van der Waals surface area contributed by atoms with E-state index in [-0.39, 0.29) is 6.61 Å². The van der Waals surface area contributed by atoms with Gasteiger partial charge in [-0.25, -0.2) is 0 Å². The molecule has 2 N–H and O–H groups in total. The van der Waals surface area contributed by atoms with Crippen LogP contribution in [-0.4, -0.2) is 43.0 Å². The number of rotatable bonds is 9. The van der Waals surface area contributed by atoms with Gasteiger partial charge in [-0.2, -0.15) is 0 Å². The Balaban J connectivity index is 1.58. The molecule has 1 aliphatic carbocycles. The minimum Gasteiger partial charge on any atom is -0.491 e. The molecule has 19 heavy (non-hydrogen) atoms. The number of carboxylic acids is 1. The van der Waals surface area contributed by atoms with Crippen LogP contribution in [0.4, 0.5) is 0 Å². The van der Waals surface area contributed by atoms with Crippen LogP contribution >= 0.6 is 0 Å². The molecule has 0 radical (unpaired) electrons.